The molecule has 0 amide bonds. The molecule has 1 saturated carbocycles. The van der Waals surface area contributed by atoms with Crippen molar-refractivity contribution in [1.29, 1.82) is 0 Å². The number of hydrogen-bond acceptors (Lipinski definition) is 4. The van der Waals surface area contributed by atoms with Crippen molar-refractivity contribution in [2.75, 3.05) is 0 Å². The molecule has 0 bridgehead atoms. The lowest BCUT2D eigenvalue weighted by atomic mass is 10.0. The SMILES string of the molecule is O=Cc1ccc(-c2cc3c(cc2F)c(=O)c2c(=O)[nH]sc2n3C2CC2)cc1. The lowest BCUT2D eigenvalue weighted by Crippen LogP contribution is -2.15. The van der Waals surface area contributed by atoms with Gasteiger partial charge in [-0.3, -0.25) is 18.8 Å². The number of nitrogens with one attached hydrogen (secondary N) is 1. The van der Waals surface area contributed by atoms with E-state index in [1.54, 1.807) is 30.3 Å². The minimum Gasteiger partial charge on any atom is -0.328 e. The molecule has 0 aliphatic heterocycles. The molecule has 0 spiro atoms. The smallest absolute Gasteiger partial charge is 0.271 e. The van der Waals surface area contributed by atoms with E-state index in [1.165, 1.54) is 6.07 Å². The van der Waals surface area contributed by atoms with Crippen LogP contribution in [-0.2, 0) is 0 Å². The average Bonchev–Trinajstić information content (AvgIpc) is 3.44. The molecule has 5 rings (SSSR count). The second-order valence-electron chi connectivity index (χ2n) is 6.73. The van der Waals surface area contributed by atoms with Crippen molar-refractivity contribution in [3.63, 3.8) is 0 Å². The number of aromatic nitrogens is 2. The molecule has 0 saturated heterocycles. The van der Waals surface area contributed by atoms with Crippen molar-refractivity contribution in [2.24, 2.45) is 0 Å². The summed E-state index contributed by atoms with van der Waals surface area (Å²) in [5.41, 5.74) is 1.24. The maximum Gasteiger partial charge on any atom is 0.271 e. The first-order chi connectivity index (χ1) is 13.1. The highest BCUT2D eigenvalue weighted by molar-refractivity contribution is 7.12. The molecule has 4 aromatic rings. The minimum absolute atomic E-state index is 0.0990. The largest absolute Gasteiger partial charge is 0.328 e. The monoisotopic (exact) mass is 380 g/mol. The Kier molecular flexibility index (Phi) is 3.42. The van der Waals surface area contributed by atoms with Crippen LogP contribution in [0.4, 0.5) is 4.39 Å². The number of aromatic amines is 1. The van der Waals surface area contributed by atoms with E-state index in [4.69, 9.17) is 0 Å². The summed E-state index contributed by atoms with van der Waals surface area (Å²) in [6.07, 6.45) is 2.65. The third kappa shape index (κ3) is 2.39. The van der Waals surface area contributed by atoms with Crippen molar-refractivity contribution in [1.82, 2.24) is 8.94 Å². The highest BCUT2D eigenvalue weighted by Crippen LogP contribution is 2.40. The number of rotatable bonds is 3. The Morgan fingerprint density at radius 3 is 2.56 bits per heavy atom. The fraction of sp³-hybridized carbons (Fsp3) is 0.150. The first-order valence-corrected chi connectivity index (χ1v) is 9.34. The van der Waals surface area contributed by atoms with E-state index < -0.39 is 16.8 Å². The van der Waals surface area contributed by atoms with E-state index in [1.807, 2.05) is 4.57 Å². The van der Waals surface area contributed by atoms with E-state index in [0.717, 1.165) is 30.7 Å². The fourth-order valence-electron chi connectivity index (χ4n) is 3.51. The highest BCUT2D eigenvalue weighted by atomic mass is 32.1. The van der Waals surface area contributed by atoms with Crippen LogP contribution in [0.3, 0.4) is 0 Å². The molecule has 1 N–H and O–H groups in total. The van der Waals surface area contributed by atoms with Crippen LogP contribution in [0.2, 0.25) is 0 Å². The second-order valence-corrected chi connectivity index (χ2v) is 7.53. The second kappa shape index (κ2) is 5.72. The van der Waals surface area contributed by atoms with Crippen LogP contribution in [0, 0.1) is 5.82 Å². The summed E-state index contributed by atoms with van der Waals surface area (Å²) in [5, 5.41) is 0.311. The molecule has 7 heteroatoms. The number of carbonyl (C=O) groups excluding carboxylic acids is 1. The van der Waals surface area contributed by atoms with Gasteiger partial charge >= 0.3 is 0 Å². The van der Waals surface area contributed by atoms with Gasteiger partial charge in [0, 0.05) is 22.6 Å². The molecule has 0 atom stereocenters. The molecule has 2 heterocycles. The van der Waals surface area contributed by atoms with Gasteiger partial charge < -0.3 is 4.57 Å². The van der Waals surface area contributed by atoms with Gasteiger partial charge in [-0.2, -0.15) is 0 Å². The number of halogens is 1. The van der Waals surface area contributed by atoms with Crippen LogP contribution in [0.1, 0.15) is 29.2 Å². The number of pyridine rings is 1. The van der Waals surface area contributed by atoms with Crippen LogP contribution >= 0.6 is 11.5 Å². The number of H-pyrrole nitrogens is 1. The van der Waals surface area contributed by atoms with Crippen LogP contribution in [-0.4, -0.2) is 15.2 Å². The molecular formula is C20H13FN2O3S. The molecule has 1 aliphatic rings. The predicted molar refractivity (Wildman–Crippen MR) is 103 cm³/mol. The molecule has 0 unspecified atom stereocenters. The number of nitrogens with zero attached hydrogens (tertiary/aromatic N) is 1. The van der Waals surface area contributed by atoms with E-state index in [9.17, 15) is 18.8 Å². The van der Waals surface area contributed by atoms with E-state index >= 15 is 0 Å². The van der Waals surface area contributed by atoms with Crippen molar-refractivity contribution in [2.45, 2.75) is 18.9 Å². The third-order valence-corrected chi connectivity index (χ3v) is 5.87. The number of hydrogen-bond donors (Lipinski definition) is 1. The van der Waals surface area contributed by atoms with Gasteiger partial charge in [0.15, 0.2) is 0 Å². The van der Waals surface area contributed by atoms with Gasteiger partial charge in [0.1, 0.15) is 22.3 Å². The number of aldehydes is 1. The summed E-state index contributed by atoms with van der Waals surface area (Å²) in [7, 11) is 0. The summed E-state index contributed by atoms with van der Waals surface area (Å²) in [6.45, 7) is 0. The number of carbonyl (C=O) groups is 1. The molecule has 27 heavy (non-hydrogen) atoms. The van der Waals surface area contributed by atoms with E-state index in [-0.39, 0.29) is 16.8 Å². The predicted octanol–water partition coefficient (Wildman–Crippen LogP) is 3.86. The van der Waals surface area contributed by atoms with Crippen molar-refractivity contribution in [3.05, 3.63) is 68.4 Å². The van der Waals surface area contributed by atoms with Gasteiger partial charge in [0.2, 0.25) is 5.43 Å². The topological polar surface area (TPSA) is 71.9 Å². The summed E-state index contributed by atoms with van der Waals surface area (Å²) in [6, 6.07) is 9.71. The fourth-order valence-corrected chi connectivity index (χ4v) is 4.43. The maximum atomic E-state index is 14.8. The molecule has 5 nitrogen and oxygen atoms in total. The van der Waals surface area contributed by atoms with Gasteiger partial charge in [0.25, 0.3) is 5.56 Å². The number of benzene rings is 2. The third-order valence-electron chi connectivity index (χ3n) is 4.99. The summed E-state index contributed by atoms with van der Waals surface area (Å²) in [5.74, 6) is -0.535. The molecular weight excluding hydrogens is 367 g/mol. The minimum atomic E-state index is -0.535. The Balaban J connectivity index is 1.88. The molecule has 134 valence electrons. The maximum absolute atomic E-state index is 14.8. The Hall–Kier alpha value is -3.06. The van der Waals surface area contributed by atoms with Gasteiger partial charge in [-0.25, -0.2) is 4.39 Å². The van der Waals surface area contributed by atoms with Crippen LogP contribution in [0.25, 0.3) is 32.2 Å². The van der Waals surface area contributed by atoms with Gasteiger partial charge in [-0.15, -0.1) is 0 Å². The number of fused-ring (bicyclic) bond motifs is 2. The Labute approximate surface area is 155 Å². The summed E-state index contributed by atoms with van der Waals surface area (Å²) in [4.78, 5) is 36.4. The van der Waals surface area contributed by atoms with E-state index in [0.29, 0.717) is 27.0 Å². The standard InChI is InChI=1S/C20H13FN2O3S/c21-15-7-14-16(8-13(15)11-3-1-10(9-24)2-4-11)23(12-5-6-12)20-17(18(14)25)19(26)22-27-20/h1-4,7-9,12H,5-6H2,(H,22,26). The Bertz CT molecular complexity index is 1340. The quantitative estimate of drug-likeness (QED) is 0.549. The van der Waals surface area contributed by atoms with Gasteiger partial charge in [-0.1, -0.05) is 24.3 Å². The summed E-state index contributed by atoms with van der Waals surface area (Å²) >= 11 is 1.14. The van der Waals surface area contributed by atoms with Gasteiger partial charge in [0.05, 0.1) is 5.52 Å². The molecule has 0 radical (unpaired) electrons. The van der Waals surface area contributed by atoms with Crippen LogP contribution in [0.5, 0.6) is 0 Å². The normalized spacial score (nSPS) is 14.1. The average molecular weight is 380 g/mol. The van der Waals surface area contributed by atoms with Crippen LogP contribution < -0.4 is 11.0 Å². The van der Waals surface area contributed by atoms with Crippen LogP contribution in [0.15, 0.2) is 46.0 Å². The molecule has 2 aromatic carbocycles. The Morgan fingerprint density at radius 1 is 1.15 bits per heavy atom. The summed E-state index contributed by atoms with van der Waals surface area (Å²) < 4.78 is 19.5. The van der Waals surface area contributed by atoms with Crippen molar-refractivity contribution < 1.29 is 9.18 Å². The lowest BCUT2D eigenvalue weighted by Gasteiger charge is -2.13. The molecule has 1 fully saturated rings. The first kappa shape index (κ1) is 16.1. The molecule has 2 aromatic heterocycles. The highest BCUT2D eigenvalue weighted by Gasteiger charge is 2.29. The lowest BCUT2D eigenvalue weighted by molar-refractivity contribution is 0.112. The zero-order valence-electron chi connectivity index (χ0n) is 14.0. The van der Waals surface area contributed by atoms with E-state index in [2.05, 4.69) is 4.37 Å². The molecule has 1 aliphatic carbocycles. The zero-order chi connectivity index (χ0) is 18.7. The van der Waals surface area contributed by atoms with Gasteiger partial charge in [-0.05, 0) is 42.1 Å². The van der Waals surface area contributed by atoms with Crippen molar-refractivity contribution in [3.8, 4) is 11.1 Å². The Morgan fingerprint density at radius 2 is 1.89 bits per heavy atom. The first-order valence-electron chi connectivity index (χ1n) is 8.53. The van der Waals surface area contributed by atoms with Crippen molar-refractivity contribution >= 4 is 38.9 Å². The zero-order valence-corrected chi connectivity index (χ0v) is 14.8.